The number of aromatic hydroxyl groups is 1. The number of nitrogens with one attached hydrogen (secondary N) is 1. The van der Waals surface area contributed by atoms with Gasteiger partial charge in [0, 0.05) is 37.8 Å². The van der Waals surface area contributed by atoms with Crippen molar-refractivity contribution in [2.24, 2.45) is 5.92 Å². The lowest BCUT2D eigenvalue weighted by Crippen LogP contribution is -2.45. The van der Waals surface area contributed by atoms with Crippen LogP contribution in [0.25, 0.3) is 0 Å². The van der Waals surface area contributed by atoms with Crippen LogP contribution >= 0.6 is 40.7 Å². The van der Waals surface area contributed by atoms with Crippen LogP contribution in [-0.4, -0.2) is 43.3 Å². The number of nitrogens with zero attached hydrogens (tertiary/aromatic N) is 1. The van der Waals surface area contributed by atoms with Crippen molar-refractivity contribution in [2.75, 3.05) is 33.3 Å². The lowest BCUT2D eigenvalue weighted by atomic mass is 9.94. The Bertz CT molecular complexity index is 483. The number of benzene rings is 1. The molecule has 1 heterocycles. The molecule has 1 aliphatic rings. The summed E-state index contributed by atoms with van der Waals surface area (Å²) in [5.41, 5.74) is 0.955. The van der Waals surface area contributed by atoms with Crippen LogP contribution in [0.4, 0.5) is 0 Å². The second-order valence-electron chi connectivity index (χ2n) is 5.98. The Balaban J connectivity index is 0.00000242. The highest BCUT2D eigenvalue weighted by Gasteiger charge is 2.26. The number of phenols is 1. The van der Waals surface area contributed by atoms with E-state index in [9.17, 15) is 5.11 Å². The summed E-state index contributed by atoms with van der Waals surface area (Å²) in [5, 5.41) is 13.9. The molecule has 0 spiro atoms. The Morgan fingerprint density at radius 2 is 1.87 bits per heavy atom. The van der Waals surface area contributed by atoms with E-state index < -0.39 is 0 Å². The molecule has 0 saturated carbocycles. The molecule has 1 aromatic rings. The zero-order chi connectivity index (χ0) is 15.4. The van der Waals surface area contributed by atoms with E-state index in [1.807, 2.05) is 12.1 Å². The van der Waals surface area contributed by atoms with Crippen molar-refractivity contribution in [1.29, 1.82) is 0 Å². The standard InChI is InChI=1S/C16H25BrN2O2.2ClH/c1-11(2)8-15(19-6-4-18-5-7-19)13-9-12(21-3)10-14(17)16(13)20;;/h9-11,15,18,20H,4-8H2,1-3H3;2*1H/t15-;;/m0../s1. The summed E-state index contributed by atoms with van der Waals surface area (Å²) in [6, 6.07) is 4.00. The van der Waals surface area contributed by atoms with Gasteiger partial charge in [-0.25, -0.2) is 0 Å². The van der Waals surface area contributed by atoms with Crippen LogP contribution in [-0.2, 0) is 0 Å². The van der Waals surface area contributed by atoms with Gasteiger partial charge in [-0.1, -0.05) is 13.8 Å². The number of ether oxygens (including phenoxy) is 1. The van der Waals surface area contributed by atoms with Gasteiger partial charge in [-0.3, -0.25) is 4.90 Å². The molecule has 1 saturated heterocycles. The zero-order valence-corrected chi connectivity index (χ0v) is 17.1. The monoisotopic (exact) mass is 428 g/mol. The molecular weight excluding hydrogens is 403 g/mol. The lowest BCUT2D eigenvalue weighted by molar-refractivity contribution is 0.151. The first-order valence-electron chi connectivity index (χ1n) is 7.54. The molecule has 1 atom stereocenters. The molecule has 1 fully saturated rings. The van der Waals surface area contributed by atoms with Gasteiger partial charge in [-0.2, -0.15) is 0 Å². The summed E-state index contributed by atoms with van der Waals surface area (Å²) in [4.78, 5) is 2.46. The molecule has 23 heavy (non-hydrogen) atoms. The quantitative estimate of drug-likeness (QED) is 0.742. The average molecular weight is 430 g/mol. The highest BCUT2D eigenvalue weighted by Crippen LogP contribution is 2.40. The number of piperazine rings is 1. The van der Waals surface area contributed by atoms with Crippen LogP contribution in [0, 0.1) is 5.92 Å². The molecular formula is C16H27BrCl2N2O2. The van der Waals surface area contributed by atoms with E-state index in [1.54, 1.807) is 7.11 Å². The Labute approximate surface area is 159 Å². The first-order valence-corrected chi connectivity index (χ1v) is 8.33. The molecule has 0 bridgehead atoms. The van der Waals surface area contributed by atoms with E-state index in [4.69, 9.17) is 4.74 Å². The Kier molecular flexibility index (Phi) is 10.5. The van der Waals surface area contributed by atoms with Crippen molar-refractivity contribution in [3.05, 3.63) is 22.2 Å². The van der Waals surface area contributed by atoms with Gasteiger partial charge in [-0.05, 0) is 40.4 Å². The van der Waals surface area contributed by atoms with Crippen LogP contribution in [0.1, 0.15) is 31.9 Å². The molecule has 1 aromatic carbocycles. The van der Waals surface area contributed by atoms with E-state index in [0.717, 1.165) is 43.9 Å². The minimum Gasteiger partial charge on any atom is -0.506 e. The average Bonchev–Trinajstić information content (AvgIpc) is 2.48. The second-order valence-corrected chi connectivity index (χ2v) is 6.83. The van der Waals surface area contributed by atoms with Crippen LogP contribution in [0.5, 0.6) is 11.5 Å². The molecule has 0 amide bonds. The third-order valence-corrected chi connectivity index (χ3v) is 4.55. The fraction of sp³-hybridized carbons (Fsp3) is 0.625. The Morgan fingerprint density at radius 1 is 1.26 bits per heavy atom. The number of phenolic OH excluding ortho intramolecular Hbond substituents is 1. The van der Waals surface area contributed by atoms with Gasteiger partial charge in [0.15, 0.2) is 0 Å². The van der Waals surface area contributed by atoms with Gasteiger partial charge in [-0.15, -0.1) is 24.8 Å². The topological polar surface area (TPSA) is 44.7 Å². The minimum atomic E-state index is 0. The number of rotatable bonds is 5. The first kappa shape index (κ1) is 22.8. The number of hydrogen-bond donors (Lipinski definition) is 2. The molecule has 0 unspecified atom stereocenters. The predicted octanol–water partition coefficient (Wildman–Crippen LogP) is 4.00. The molecule has 2 N–H and O–H groups in total. The molecule has 0 radical (unpaired) electrons. The van der Waals surface area contributed by atoms with E-state index in [-0.39, 0.29) is 30.9 Å². The maximum absolute atomic E-state index is 10.5. The van der Waals surface area contributed by atoms with E-state index in [2.05, 4.69) is 40.0 Å². The van der Waals surface area contributed by atoms with Gasteiger partial charge < -0.3 is 15.2 Å². The van der Waals surface area contributed by atoms with Gasteiger partial charge in [0.2, 0.25) is 0 Å². The molecule has 0 aliphatic carbocycles. The summed E-state index contributed by atoms with van der Waals surface area (Å²) in [6.45, 7) is 8.46. The minimum absolute atomic E-state index is 0. The van der Waals surface area contributed by atoms with Crippen molar-refractivity contribution in [3.8, 4) is 11.5 Å². The summed E-state index contributed by atoms with van der Waals surface area (Å²) in [7, 11) is 1.66. The first-order chi connectivity index (χ1) is 10.0. The van der Waals surface area contributed by atoms with Gasteiger partial charge in [0.1, 0.15) is 11.5 Å². The van der Waals surface area contributed by atoms with Crippen molar-refractivity contribution < 1.29 is 9.84 Å². The Hall–Kier alpha value is -0.200. The third-order valence-electron chi connectivity index (χ3n) is 3.95. The van der Waals surface area contributed by atoms with Crippen LogP contribution in [0.2, 0.25) is 0 Å². The smallest absolute Gasteiger partial charge is 0.134 e. The van der Waals surface area contributed by atoms with E-state index >= 15 is 0 Å². The van der Waals surface area contributed by atoms with Gasteiger partial charge >= 0.3 is 0 Å². The van der Waals surface area contributed by atoms with Crippen LogP contribution in [0.3, 0.4) is 0 Å². The van der Waals surface area contributed by atoms with E-state index in [0.29, 0.717) is 16.1 Å². The van der Waals surface area contributed by atoms with Crippen LogP contribution < -0.4 is 10.1 Å². The SMILES string of the molecule is COc1cc(Br)c(O)c([C@H](CC(C)C)N2CCNCC2)c1.Cl.Cl. The fourth-order valence-corrected chi connectivity index (χ4v) is 3.33. The molecule has 2 rings (SSSR count). The molecule has 4 nitrogen and oxygen atoms in total. The summed E-state index contributed by atoms with van der Waals surface area (Å²) >= 11 is 3.44. The number of methoxy groups -OCH3 is 1. The summed E-state index contributed by atoms with van der Waals surface area (Å²) in [6.07, 6.45) is 1.02. The molecule has 0 aromatic heterocycles. The van der Waals surface area contributed by atoms with Crippen molar-refractivity contribution >= 4 is 40.7 Å². The van der Waals surface area contributed by atoms with Crippen molar-refractivity contribution in [3.63, 3.8) is 0 Å². The van der Waals surface area contributed by atoms with Crippen LogP contribution in [0.15, 0.2) is 16.6 Å². The normalized spacial score (nSPS) is 16.4. The highest BCUT2D eigenvalue weighted by molar-refractivity contribution is 9.10. The van der Waals surface area contributed by atoms with E-state index in [1.165, 1.54) is 0 Å². The largest absolute Gasteiger partial charge is 0.506 e. The molecule has 7 heteroatoms. The highest BCUT2D eigenvalue weighted by atomic mass is 79.9. The maximum Gasteiger partial charge on any atom is 0.134 e. The molecule has 134 valence electrons. The zero-order valence-electron chi connectivity index (χ0n) is 13.8. The third kappa shape index (κ3) is 5.98. The number of hydrogen-bond acceptors (Lipinski definition) is 4. The summed E-state index contributed by atoms with van der Waals surface area (Å²) in [5.74, 6) is 1.67. The van der Waals surface area contributed by atoms with Gasteiger partial charge in [0.25, 0.3) is 0 Å². The second kappa shape index (κ2) is 10.6. The molecule has 1 aliphatic heterocycles. The van der Waals surface area contributed by atoms with Crippen molar-refractivity contribution in [2.45, 2.75) is 26.3 Å². The summed E-state index contributed by atoms with van der Waals surface area (Å²) < 4.78 is 6.06. The predicted molar refractivity (Wildman–Crippen MR) is 103 cm³/mol. The fourth-order valence-electron chi connectivity index (χ4n) is 2.88. The Morgan fingerprint density at radius 3 is 2.39 bits per heavy atom. The van der Waals surface area contributed by atoms with Gasteiger partial charge in [0.05, 0.1) is 11.6 Å². The maximum atomic E-state index is 10.5. The lowest BCUT2D eigenvalue weighted by Gasteiger charge is -2.36. The number of halogens is 3. The van der Waals surface area contributed by atoms with Crippen molar-refractivity contribution in [1.82, 2.24) is 10.2 Å².